The van der Waals surface area contributed by atoms with Gasteiger partial charge < -0.3 is 11.1 Å². The summed E-state index contributed by atoms with van der Waals surface area (Å²) in [4.78, 5) is 4.15. The second kappa shape index (κ2) is 6.55. The molecule has 1 atom stereocenters. The standard InChI is InChI=1S/C15H18ClN3/c1-2-18-14(12-7-5-9-19-15(12)17)10-11-6-3-4-8-13(11)16/h3-9,14,18H,2,10H2,1H3,(H2,17,19). The topological polar surface area (TPSA) is 50.9 Å². The monoisotopic (exact) mass is 275 g/mol. The van der Waals surface area contributed by atoms with Crippen LogP contribution in [-0.2, 0) is 6.42 Å². The van der Waals surface area contributed by atoms with Crippen molar-refractivity contribution >= 4 is 17.4 Å². The van der Waals surface area contributed by atoms with Crippen LogP contribution in [0.1, 0.15) is 24.1 Å². The average molecular weight is 276 g/mol. The number of aromatic nitrogens is 1. The van der Waals surface area contributed by atoms with E-state index in [0.717, 1.165) is 29.1 Å². The first-order chi connectivity index (χ1) is 9.22. The Bertz CT molecular complexity index is 542. The van der Waals surface area contributed by atoms with Crippen LogP contribution in [0.25, 0.3) is 0 Å². The SMILES string of the molecule is CCNC(Cc1ccccc1Cl)c1cccnc1N. The van der Waals surface area contributed by atoms with Crippen LogP contribution in [0.4, 0.5) is 5.82 Å². The summed E-state index contributed by atoms with van der Waals surface area (Å²) < 4.78 is 0. The molecule has 3 nitrogen and oxygen atoms in total. The lowest BCUT2D eigenvalue weighted by Gasteiger charge is -2.20. The molecule has 0 radical (unpaired) electrons. The normalized spacial score (nSPS) is 12.3. The first-order valence-electron chi connectivity index (χ1n) is 6.39. The Morgan fingerprint density at radius 3 is 2.74 bits per heavy atom. The summed E-state index contributed by atoms with van der Waals surface area (Å²) in [6.07, 6.45) is 2.50. The molecule has 0 saturated heterocycles. The van der Waals surface area contributed by atoms with Gasteiger partial charge in [-0.1, -0.05) is 42.8 Å². The molecule has 100 valence electrons. The van der Waals surface area contributed by atoms with Crippen molar-refractivity contribution < 1.29 is 0 Å². The first kappa shape index (κ1) is 13.8. The Hall–Kier alpha value is -1.58. The van der Waals surface area contributed by atoms with Crippen molar-refractivity contribution in [1.82, 2.24) is 10.3 Å². The number of nitrogen functional groups attached to an aromatic ring is 1. The van der Waals surface area contributed by atoms with Gasteiger partial charge in [0.25, 0.3) is 0 Å². The Labute approximate surface area is 118 Å². The number of nitrogens with one attached hydrogen (secondary N) is 1. The lowest BCUT2D eigenvalue weighted by Crippen LogP contribution is -2.24. The van der Waals surface area contributed by atoms with Crippen LogP contribution in [-0.4, -0.2) is 11.5 Å². The summed E-state index contributed by atoms with van der Waals surface area (Å²) in [5, 5.41) is 4.22. The number of nitrogens with zero attached hydrogens (tertiary/aromatic N) is 1. The zero-order chi connectivity index (χ0) is 13.7. The highest BCUT2D eigenvalue weighted by Crippen LogP contribution is 2.25. The van der Waals surface area contributed by atoms with Crippen LogP contribution in [0, 0.1) is 0 Å². The molecular formula is C15H18ClN3. The number of benzene rings is 1. The largest absolute Gasteiger partial charge is 0.383 e. The van der Waals surface area contributed by atoms with Crippen molar-refractivity contribution in [1.29, 1.82) is 0 Å². The van der Waals surface area contributed by atoms with E-state index in [1.807, 2.05) is 36.4 Å². The van der Waals surface area contributed by atoms with Crippen molar-refractivity contribution in [3.05, 3.63) is 58.7 Å². The fourth-order valence-corrected chi connectivity index (χ4v) is 2.36. The molecule has 0 aliphatic carbocycles. The third-order valence-electron chi connectivity index (χ3n) is 3.08. The molecule has 3 N–H and O–H groups in total. The van der Waals surface area contributed by atoms with Crippen molar-refractivity contribution in [3.8, 4) is 0 Å². The van der Waals surface area contributed by atoms with Gasteiger partial charge in [-0.25, -0.2) is 4.98 Å². The van der Waals surface area contributed by atoms with Gasteiger partial charge in [-0.05, 0) is 30.7 Å². The van der Waals surface area contributed by atoms with E-state index >= 15 is 0 Å². The number of nitrogens with two attached hydrogens (primary N) is 1. The molecule has 0 spiro atoms. The van der Waals surface area contributed by atoms with Crippen molar-refractivity contribution in [2.45, 2.75) is 19.4 Å². The van der Waals surface area contributed by atoms with E-state index < -0.39 is 0 Å². The van der Waals surface area contributed by atoms with Crippen LogP contribution >= 0.6 is 11.6 Å². The maximum atomic E-state index is 6.22. The van der Waals surface area contributed by atoms with Crippen LogP contribution in [0.15, 0.2) is 42.6 Å². The molecule has 2 rings (SSSR count). The van der Waals surface area contributed by atoms with E-state index in [9.17, 15) is 0 Å². The smallest absolute Gasteiger partial charge is 0.128 e. The fraction of sp³-hybridized carbons (Fsp3) is 0.267. The van der Waals surface area contributed by atoms with Gasteiger partial charge in [0.05, 0.1) is 0 Å². The van der Waals surface area contributed by atoms with Gasteiger partial charge >= 0.3 is 0 Å². The molecule has 1 aromatic carbocycles. The number of anilines is 1. The third kappa shape index (κ3) is 3.46. The highest BCUT2D eigenvalue weighted by atomic mass is 35.5. The maximum Gasteiger partial charge on any atom is 0.128 e. The van der Waals surface area contributed by atoms with Gasteiger partial charge in [0, 0.05) is 22.8 Å². The number of hydrogen-bond donors (Lipinski definition) is 2. The van der Waals surface area contributed by atoms with Crippen LogP contribution in [0.3, 0.4) is 0 Å². The molecule has 2 aromatic rings. The minimum Gasteiger partial charge on any atom is -0.383 e. The second-order valence-electron chi connectivity index (χ2n) is 4.38. The van der Waals surface area contributed by atoms with Crippen LogP contribution in [0.5, 0.6) is 0 Å². The van der Waals surface area contributed by atoms with Gasteiger partial charge in [-0.15, -0.1) is 0 Å². The van der Waals surface area contributed by atoms with Crippen molar-refractivity contribution in [3.63, 3.8) is 0 Å². The lowest BCUT2D eigenvalue weighted by atomic mass is 9.99. The number of halogens is 1. The minimum atomic E-state index is 0.124. The van der Waals surface area contributed by atoms with Gasteiger partial charge in [0.15, 0.2) is 0 Å². The summed E-state index contributed by atoms with van der Waals surface area (Å²) >= 11 is 6.22. The van der Waals surface area contributed by atoms with Gasteiger partial charge in [0.2, 0.25) is 0 Å². The molecule has 1 unspecified atom stereocenters. The van der Waals surface area contributed by atoms with Gasteiger partial charge in [-0.3, -0.25) is 0 Å². The molecule has 1 heterocycles. The average Bonchev–Trinajstić information content (AvgIpc) is 2.41. The summed E-state index contributed by atoms with van der Waals surface area (Å²) in [5.41, 5.74) is 8.09. The summed E-state index contributed by atoms with van der Waals surface area (Å²) in [7, 11) is 0. The van der Waals surface area contributed by atoms with E-state index in [2.05, 4.69) is 17.2 Å². The summed E-state index contributed by atoms with van der Waals surface area (Å²) in [6.45, 7) is 2.94. The maximum absolute atomic E-state index is 6.22. The third-order valence-corrected chi connectivity index (χ3v) is 3.45. The van der Waals surface area contributed by atoms with E-state index in [1.165, 1.54) is 0 Å². The summed E-state index contributed by atoms with van der Waals surface area (Å²) in [5.74, 6) is 0.570. The van der Waals surface area contributed by atoms with Crippen molar-refractivity contribution in [2.24, 2.45) is 0 Å². The minimum absolute atomic E-state index is 0.124. The van der Waals surface area contributed by atoms with Crippen LogP contribution in [0.2, 0.25) is 5.02 Å². The molecule has 0 saturated carbocycles. The number of likely N-dealkylation sites (N-methyl/N-ethyl adjacent to an activating group) is 1. The Balaban J connectivity index is 2.27. The van der Waals surface area contributed by atoms with Crippen LogP contribution < -0.4 is 11.1 Å². The Kier molecular flexibility index (Phi) is 4.77. The highest BCUT2D eigenvalue weighted by Gasteiger charge is 2.15. The van der Waals surface area contributed by atoms with Crippen molar-refractivity contribution in [2.75, 3.05) is 12.3 Å². The van der Waals surface area contributed by atoms with E-state index in [0.29, 0.717) is 5.82 Å². The zero-order valence-corrected chi connectivity index (χ0v) is 11.7. The first-order valence-corrected chi connectivity index (χ1v) is 6.77. The predicted molar refractivity (Wildman–Crippen MR) is 80.2 cm³/mol. The number of pyridine rings is 1. The van der Waals surface area contributed by atoms with E-state index in [1.54, 1.807) is 6.20 Å². The molecule has 1 aromatic heterocycles. The van der Waals surface area contributed by atoms with E-state index in [4.69, 9.17) is 17.3 Å². The van der Waals surface area contributed by atoms with Gasteiger partial charge in [0.1, 0.15) is 5.82 Å². The molecule has 19 heavy (non-hydrogen) atoms. The highest BCUT2D eigenvalue weighted by molar-refractivity contribution is 6.31. The Morgan fingerprint density at radius 2 is 2.05 bits per heavy atom. The molecule has 0 aliphatic heterocycles. The fourth-order valence-electron chi connectivity index (χ4n) is 2.15. The van der Waals surface area contributed by atoms with E-state index in [-0.39, 0.29) is 6.04 Å². The summed E-state index contributed by atoms with van der Waals surface area (Å²) in [6, 6.07) is 11.9. The number of rotatable bonds is 5. The Morgan fingerprint density at radius 1 is 1.26 bits per heavy atom. The zero-order valence-electron chi connectivity index (χ0n) is 10.9. The second-order valence-corrected chi connectivity index (χ2v) is 4.79. The lowest BCUT2D eigenvalue weighted by molar-refractivity contribution is 0.550. The van der Waals surface area contributed by atoms with Gasteiger partial charge in [-0.2, -0.15) is 0 Å². The quantitative estimate of drug-likeness (QED) is 0.881. The molecule has 0 aliphatic rings. The molecule has 0 fully saturated rings. The molecule has 0 bridgehead atoms. The molecular weight excluding hydrogens is 258 g/mol. The molecule has 4 heteroatoms. The number of hydrogen-bond acceptors (Lipinski definition) is 3. The molecule has 0 amide bonds. The predicted octanol–water partition coefficient (Wildman–Crippen LogP) is 3.21.